The number of urea groups is 2. The second-order valence-corrected chi connectivity index (χ2v) is 14.1. The van der Waals surface area contributed by atoms with E-state index in [9.17, 15) is 31.6 Å². The highest BCUT2D eigenvalue weighted by Crippen LogP contribution is 2.51. The average Bonchev–Trinajstić information content (AvgIpc) is 3.10. The highest BCUT2D eigenvalue weighted by molar-refractivity contribution is 7.91. The SMILES string of the molecule is COCC1=C(C(=O)OC)C(c2ccc(F)c(F)c2)N(C(=O)NCCCN2CCC3(CC2)c2ccccc2S(=O)(=O)c2ccccc23)C(=O)N1. The van der Waals surface area contributed by atoms with Crippen LogP contribution in [0.2, 0.25) is 0 Å². The highest BCUT2D eigenvalue weighted by atomic mass is 32.2. The lowest BCUT2D eigenvalue weighted by atomic mass is 9.67. The molecule has 11 nitrogen and oxygen atoms in total. The standard InChI is InChI=1S/C35H36F2N4O7S/c1-47-21-27-30(32(42)48-2)31(22-12-13-25(36)26(37)20-22)41(34(44)39-27)33(43)38-16-7-17-40-18-14-35(15-19-40)23-8-3-5-10-28(23)49(45,46)29-11-6-4-9-24(29)35/h3-6,8-13,20,31H,7,14-19,21H2,1-2H3,(H,38,43)(H,39,44). The smallest absolute Gasteiger partial charge is 0.338 e. The van der Waals surface area contributed by atoms with Crippen molar-refractivity contribution in [1.29, 1.82) is 0 Å². The second kappa shape index (κ2) is 13.7. The maximum atomic E-state index is 14.4. The zero-order valence-electron chi connectivity index (χ0n) is 27.0. The fraction of sp³-hybridized carbons (Fsp3) is 0.343. The Bertz CT molecular complexity index is 1890. The van der Waals surface area contributed by atoms with Crippen molar-refractivity contribution in [2.75, 3.05) is 47.0 Å². The predicted molar refractivity (Wildman–Crippen MR) is 173 cm³/mol. The quantitative estimate of drug-likeness (QED) is 0.261. The van der Waals surface area contributed by atoms with E-state index in [0.717, 1.165) is 35.3 Å². The van der Waals surface area contributed by atoms with Gasteiger partial charge in [0.2, 0.25) is 9.84 Å². The van der Waals surface area contributed by atoms with Gasteiger partial charge in [-0.1, -0.05) is 42.5 Å². The largest absolute Gasteiger partial charge is 0.466 e. The van der Waals surface area contributed by atoms with Gasteiger partial charge in [0.05, 0.1) is 34.8 Å². The number of fused-ring (bicyclic) bond motifs is 4. The molecule has 0 aromatic heterocycles. The Hall–Kier alpha value is -4.66. The molecule has 49 heavy (non-hydrogen) atoms. The third-order valence-electron chi connectivity index (χ3n) is 9.53. The molecule has 0 aliphatic carbocycles. The molecule has 0 saturated carbocycles. The number of carbonyl (C=O) groups is 3. The van der Waals surface area contributed by atoms with Crippen LogP contribution in [0.3, 0.4) is 0 Å². The number of piperidine rings is 1. The minimum absolute atomic E-state index is 0.0150. The lowest BCUT2D eigenvalue weighted by molar-refractivity contribution is -0.137. The number of methoxy groups -OCH3 is 2. The third kappa shape index (κ3) is 6.08. The number of rotatable bonds is 8. The van der Waals surface area contributed by atoms with Crippen molar-refractivity contribution in [3.8, 4) is 0 Å². The van der Waals surface area contributed by atoms with Crippen molar-refractivity contribution in [2.24, 2.45) is 0 Å². The van der Waals surface area contributed by atoms with E-state index in [4.69, 9.17) is 9.47 Å². The Balaban J connectivity index is 1.14. The number of nitrogens with one attached hydrogen (secondary N) is 2. The molecule has 6 rings (SSSR count). The lowest BCUT2D eigenvalue weighted by Gasteiger charge is -2.46. The van der Waals surface area contributed by atoms with Gasteiger partial charge in [0.15, 0.2) is 11.6 Å². The topological polar surface area (TPSA) is 134 Å². The van der Waals surface area contributed by atoms with Crippen LogP contribution < -0.4 is 10.6 Å². The van der Waals surface area contributed by atoms with E-state index in [0.29, 0.717) is 48.7 Å². The van der Waals surface area contributed by atoms with Crippen molar-refractivity contribution in [1.82, 2.24) is 20.4 Å². The lowest BCUT2D eigenvalue weighted by Crippen LogP contribution is -2.55. The van der Waals surface area contributed by atoms with Crippen molar-refractivity contribution >= 4 is 27.9 Å². The van der Waals surface area contributed by atoms with Crippen molar-refractivity contribution in [2.45, 2.75) is 40.5 Å². The number of likely N-dealkylation sites (tertiary alicyclic amines) is 1. The van der Waals surface area contributed by atoms with Crippen molar-refractivity contribution in [3.63, 3.8) is 0 Å². The monoisotopic (exact) mass is 694 g/mol. The van der Waals surface area contributed by atoms with E-state index in [1.165, 1.54) is 13.2 Å². The Labute approximate surface area is 282 Å². The number of esters is 1. The van der Waals surface area contributed by atoms with Gasteiger partial charge in [0.1, 0.15) is 6.04 Å². The van der Waals surface area contributed by atoms with E-state index in [2.05, 4.69) is 15.5 Å². The molecule has 3 heterocycles. The number of halogens is 2. The van der Waals surface area contributed by atoms with E-state index >= 15 is 0 Å². The van der Waals surface area contributed by atoms with Crippen LogP contribution in [-0.4, -0.2) is 83.3 Å². The fourth-order valence-electron chi connectivity index (χ4n) is 7.22. The van der Waals surface area contributed by atoms with Crippen LogP contribution in [-0.2, 0) is 29.5 Å². The van der Waals surface area contributed by atoms with Gasteiger partial charge in [-0.05, 0) is 79.9 Å². The zero-order chi connectivity index (χ0) is 34.9. The molecule has 3 aliphatic heterocycles. The highest BCUT2D eigenvalue weighted by Gasteiger charge is 2.47. The van der Waals surface area contributed by atoms with Gasteiger partial charge in [-0.25, -0.2) is 36.5 Å². The van der Waals surface area contributed by atoms with E-state index in [1.807, 2.05) is 24.3 Å². The van der Waals surface area contributed by atoms with Crippen molar-refractivity contribution < 1.29 is 41.1 Å². The number of sulfone groups is 1. The van der Waals surface area contributed by atoms with Gasteiger partial charge in [-0.2, -0.15) is 0 Å². The Kier molecular flexibility index (Phi) is 9.56. The predicted octanol–water partition coefficient (Wildman–Crippen LogP) is 4.43. The van der Waals surface area contributed by atoms with Crippen LogP contribution in [0.1, 0.15) is 42.0 Å². The molecule has 14 heteroatoms. The second-order valence-electron chi connectivity index (χ2n) is 12.2. The Morgan fingerprint density at radius 3 is 2.18 bits per heavy atom. The Morgan fingerprint density at radius 1 is 0.959 bits per heavy atom. The van der Waals surface area contributed by atoms with Crippen LogP contribution in [0.4, 0.5) is 18.4 Å². The molecule has 0 radical (unpaired) electrons. The molecule has 2 N–H and O–H groups in total. The summed E-state index contributed by atoms with van der Waals surface area (Å²) in [7, 11) is -1.16. The fourth-order valence-corrected chi connectivity index (χ4v) is 9.07. The molecule has 3 aromatic rings. The number of amides is 4. The number of benzene rings is 3. The van der Waals surface area contributed by atoms with E-state index < -0.39 is 51.0 Å². The summed E-state index contributed by atoms with van der Waals surface area (Å²) < 4.78 is 65.2. The molecule has 0 bridgehead atoms. The number of ether oxygens (including phenoxy) is 2. The summed E-state index contributed by atoms with van der Waals surface area (Å²) in [4.78, 5) is 43.4. The van der Waals surface area contributed by atoms with Crippen LogP contribution in [0.5, 0.6) is 0 Å². The first-order chi connectivity index (χ1) is 23.5. The summed E-state index contributed by atoms with van der Waals surface area (Å²) in [6.07, 6.45) is 1.93. The average molecular weight is 695 g/mol. The molecule has 1 saturated heterocycles. The zero-order valence-corrected chi connectivity index (χ0v) is 27.8. The van der Waals surface area contributed by atoms with Crippen LogP contribution in [0.15, 0.2) is 87.8 Å². The molecule has 4 amide bonds. The minimum Gasteiger partial charge on any atom is -0.466 e. The number of carbonyl (C=O) groups excluding carboxylic acids is 3. The minimum atomic E-state index is -3.63. The molecular formula is C35H36F2N4O7S. The van der Waals surface area contributed by atoms with E-state index in [-0.39, 0.29) is 30.0 Å². The maximum absolute atomic E-state index is 14.4. The normalized spacial score (nSPS) is 19.6. The molecular weight excluding hydrogens is 658 g/mol. The van der Waals surface area contributed by atoms with Crippen molar-refractivity contribution in [3.05, 3.63) is 106 Å². The summed E-state index contributed by atoms with van der Waals surface area (Å²) in [6.45, 7) is 1.96. The molecule has 1 atom stereocenters. The summed E-state index contributed by atoms with van der Waals surface area (Å²) in [6, 6.07) is 14.2. The van der Waals surface area contributed by atoms with Gasteiger partial charge >= 0.3 is 18.0 Å². The third-order valence-corrected chi connectivity index (χ3v) is 11.4. The van der Waals surface area contributed by atoms with Gasteiger partial charge < -0.3 is 25.0 Å². The number of imide groups is 1. The molecule has 1 fully saturated rings. The first kappa shape index (κ1) is 34.2. The summed E-state index contributed by atoms with van der Waals surface area (Å²) in [5.41, 5.74) is 1.06. The molecule has 3 aromatic carbocycles. The molecule has 3 aliphatic rings. The first-order valence-electron chi connectivity index (χ1n) is 15.8. The van der Waals surface area contributed by atoms with Gasteiger partial charge in [-0.3, -0.25) is 0 Å². The maximum Gasteiger partial charge on any atom is 0.338 e. The molecule has 1 unspecified atom stereocenters. The van der Waals surface area contributed by atoms with Gasteiger partial charge in [0.25, 0.3) is 0 Å². The molecule has 258 valence electrons. The van der Waals surface area contributed by atoms with Gasteiger partial charge in [-0.15, -0.1) is 0 Å². The van der Waals surface area contributed by atoms with E-state index in [1.54, 1.807) is 24.3 Å². The van der Waals surface area contributed by atoms with Crippen LogP contribution >= 0.6 is 0 Å². The summed E-state index contributed by atoms with van der Waals surface area (Å²) in [5, 5.41) is 5.22. The number of hydrogen-bond acceptors (Lipinski definition) is 8. The van der Waals surface area contributed by atoms with Crippen LogP contribution in [0.25, 0.3) is 0 Å². The van der Waals surface area contributed by atoms with Crippen LogP contribution in [0, 0.1) is 11.6 Å². The summed E-state index contributed by atoms with van der Waals surface area (Å²) in [5.74, 6) is -3.24. The first-order valence-corrected chi connectivity index (χ1v) is 17.3. The Morgan fingerprint density at radius 2 is 1.59 bits per heavy atom. The summed E-state index contributed by atoms with van der Waals surface area (Å²) >= 11 is 0. The molecule has 1 spiro atoms. The number of nitrogens with zero attached hydrogens (tertiary/aromatic N) is 2. The van der Waals surface area contributed by atoms with Gasteiger partial charge in [0, 0.05) is 19.1 Å². The number of hydrogen-bond donors (Lipinski definition) is 2.